The van der Waals surface area contributed by atoms with Crippen LogP contribution in [0, 0.1) is 20.8 Å². The minimum atomic E-state index is -2.88. The lowest BCUT2D eigenvalue weighted by Crippen LogP contribution is -2.14. The van der Waals surface area contributed by atoms with Crippen molar-refractivity contribution in [1.82, 2.24) is 14.8 Å². The predicted octanol–water partition coefficient (Wildman–Crippen LogP) is 4.05. The van der Waals surface area contributed by atoms with Crippen molar-refractivity contribution in [2.45, 2.75) is 27.4 Å². The quantitative estimate of drug-likeness (QED) is 0.734. The first kappa shape index (κ1) is 18.5. The maximum absolute atomic E-state index is 12.5. The minimum absolute atomic E-state index is 0.0135. The van der Waals surface area contributed by atoms with Crippen molar-refractivity contribution in [3.05, 3.63) is 65.2 Å². The Morgan fingerprint density at radius 3 is 2.30 bits per heavy atom. The molecule has 0 bridgehead atoms. The van der Waals surface area contributed by atoms with E-state index in [9.17, 15) is 13.6 Å². The molecule has 6 nitrogen and oxygen atoms in total. The first-order chi connectivity index (χ1) is 12.8. The van der Waals surface area contributed by atoms with E-state index in [4.69, 9.17) is 0 Å². The van der Waals surface area contributed by atoms with E-state index in [0.29, 0.717) is 17.2 Å². The van der Waals surface area contributed by atoms with Crippen LogP contribution in [-0.2, 0) is 0 Å². The molecule has 3 aromatic rings. The standard InChI is InChI=1S/C19H18F2N4O2/c1-11-8-12(2)10-14(9-11)23-18(26)17-22-13(3)25(24-17)15-4-6-16(7-5-15)27-19(20)21/h4-10,19H,1-3H3,(H,23,26). The van der Waals surface area contributed by atoms with Crippen molar-refractivity contribution in [3.63, 3.8) is 0 Å². The number of anilines is 1. The van der Waals surface area contributed by atoms with Gasteiger partial charge >= 0.3 is 6.61 Å². The van der Waals surface area contributed by atoms with Gasteiger partial charge in [-0.05, 0) is 68.3 Å². The summed E-state index contributed by atoms with van der Waals surface area (Å²) < 4.78 is 30.3. The summed E-state index contributed by atoms with van der Waals surface area (Å²) in [6.07, 6.45) is 0. The van der Waals surface area contributed by atoms with Crippen LogP contribution in [0.1, 0.15) is 27.6 Å². The molecule has 1 heterocycles. The zero-order chi connectivity index (χ0) is 19.6. The summed E-state index contributed by atoms with van der Waals surface area (Å²) in [6.45, 7) is 2.71. The Bertz CT molecular complexity index is 948. The number of ether oxygens (including phenoxy) is 1. The Labute approximate surface area is 154 Å². The van der Waals surface area contributed by atoms with Crippen LogP contribution in [0.25, 0.3) is 5.69 Å². The number of nitrogens with one attached hydrogen (secondary N) is 1. The number of hydrogen-bond donors (Lipinski definition) is 1. The number of halogens is 2. The molecule has 27 heavy (non-hydrogen) atoms. The molecule has 0 spiro atoms. The summed E-state index contributed by atoms with van der Waals surface area (Å²) in [7, 11) is 0. The fraction of sp³-hybridized carbons (Fsp3) is 0.211. The lowest BCUT2D eigenvalue weighted by atomic mass is 10.1. The van der Waals surface area contributed by atoms with Crippen molar-refractivity contribution in [3.8, 4) is 11.4 Å². The number of nitrogens with zero attached hydrogens (tertiary/aromatic N) is 3. The molecule has 0 atom stereocenters. The highest BCUT2D eigenvalue weighted by Crippen LogP contribution is 2.18. The average molecular weight is 372 g/mol. The largest absolute Gasteiger partial charge is 0.435 e. The molecule has 0 radical (unpaired) electrons. The van der Waals surface area contributed by atoms with Crippen LogP contribution in [0.3, 0.4) is 0 Å². The smallest absolute Gasteiger partial charge is 0.387 e. The van der Waals surface area contributed by atoms with E-state index in [1.54, 1.807) is 19.1 Å². The molecule has 0 fully saturated rings. The van der Waals surface area contributed by atoms with Gasteiger partial charge in [0.1, 0.15) is 11.6 Å². The fourth-order valence-corrected chi connectivity index (χ4v) is 2.73. The molecule has 0 aliphatic heterocycles. The first-order valence-corrected chi connectivity index (χ1v) is 8.20. The summed E-state index contributed by atoms with van der Waals surface area (Å²) in [5.74, 6) is 0.112. The minimum Gasteiger partial charge on any atom is -0.435 e. The molecule has 0 unspecified atom stereocenters. The van der Waals surface area contributed by atoms with Crippen LogP contribution in [0.2, 0.25) is 0 Å². The zero-order valence-electron chi connectivity index (χ0n) is 15.0. The summed E-state index contributed by atoms with van der Waals surface area (Å²) in [5.41, 5.74) is 3.31. The van der Waals surface area contributed by atoms with E-state index in [2.05, 4.69) is 20.1 Å². The zero-order valence-corrected chi connectivity index (χ0v) is 15.0. The van der Waals surface area contributed by atoms with Crippen LogP contribution >= 0.6 is 0 Å². The Balaban J connectivity index is 1.80. The lowest BCUT2D eigenvalue weighted by molar-refractivity contribution is -0.0498. The van der Waals surface area contributed by atoms with E-state index in [0.717, 1.165) is 11.1 Å². The van der Waals surface area contributed by atoms with E-state index in [1.165, 1.54) is 16.8 Å². The third-order valence-electron chi connectivity index (χ3n) is 3.76. The van der Waals surface area contributed by atoms with Crippen LogP contribution in [0.4, 0.5) is 14.5 Å². The maximum Gasteiger partial charge on any atom is 0.387 e. The van der Waals surface area contributed by atoms with Crippen molar-refractivity contribution in [1.29, 1.82) is 0 Å². The highest BCUT2D eigenvalue weighted by molar-refractivity contribution is 6.01. The van der Waals surface area contributed by atoms with Crippen molar-refractivity contribution in [2.75, 3.05) is 5.32 Å². The average Bonchev–Trinajstić information content (AvgIpc) is 2.96. The van der Waals surface area contributed by atoms with Gasteiger partial charge in [-0.15, -0.1) is 5.10 Å². The van der Waals surface area contributed by atoms with E-state index in [1.807, 2.05) is 32.0 Å². The summed E-state index contributed by atoms with van der Waals surface area (Å²) in [4.78, 5) is 16.6. The molecular formula is C19H18F2N4O2. The predicted molar refractivity (Wildman–Crippen MR) is 96.6 cm³/mol. The molecule has 3 rings (SSSR count). The number of rotatable bonds is 5. The fourth-order valence-electron chi connectivity index (χ4n) is 2.73. The summed E-state index contributed by atoms with van der Waals surface area (Å²) in [6, 6.07) is 11.6. The molecule has 0 aliphatic carbocycles. The highest BCUT2D eigenvalue weighted by atomic mass is 19.3. The van der Waals surface area contributed by atoms with Gasteiger partial charge < -0.3 is 10.1 Å². The number of carbonyl (C=O) groups is 1. The van der Waals surface area contributed by atoms with Crippen LogP contribution < -0.4 is 10.1 Å². The molecule has 0 saturated heterocycles. The number of aromatic nitrogens is 3. The third kappa shape index (κ3) is 4.46. The Kier molecular flexibility index (Phi) is 5.16. The Hall–Kier alpha value is -3.29. The molecule has 8 heteroatoms. The van der Waals surface area contributed by atoms with Gasteiger partial charge in [-0.3, -0.25) is 4.79 Å². The summed E-state index contributed by atoms with van der Waals surface area (Å²) in [5, 5.41) is 7.00. The molecule has 1 aromatic heterocycles. The molecule has 1 amide bonds. The number of carbonyl (C=O) groups excluding carboxylic acids is 1. The van der Waals surface area contributed by atoms with Gasteiger partial charge in [0.25, 0.3) is 5.91 Å². The number of benzene rings is 2. The van der Waals surface area contributed by atoms with Gasteiger partial charge in [0.05, 0.1) is 5.69 Å². The Morgan fingerprint density at radius 1 is 1.07 bits per heavy atom. The van der Waals surface area contributed by atoms with Gasteiger partial charge in [-0.1, -0.05) is 6.07 Å². The number of amides is 1. The van der Waals surface area contributed by atoms with Crippen LogP contribution in [0.15, 0.2) is 42.5 Å². The van der Waals surface area contributed by atoms with E-state index in [-0.39, 0.29) is 11.6 Å². The SMILES string of the molecule is Cc1cc(C)cc(NC(=O)c2nc(C)n(-c3ccc(OC(F)F)cc3)n2)c1. The van der Waals surface area contributed by atoms with Gasteiger partial charge in [-0.2, -0.15) is 8.78 Å². The molecule has 0 aliphatic rings. The Morgan fingerprint density at radius 2 is 1.70 bits per heavy atom. The van der Waals surface area contributed by atoms with Gasteiger partial charge in [0, 0.05) is 5.69 Å². The first-order valence-electron chi connectivity index (χ1n) is 8.20. The molecule has 0 saturated carbocycles. The normalized spacial score (nSPS) is 10.9. The van der Waals surface area contributed by atoms with Gasteiger partial charge in [0.15, 0.2) is 0 Å². The van der Waals surface area contributed by atoms with E-state index < -0.39 is 12.5 Å². The van der Waals surface area contributed by atoms with Crippen LogP contribution in [-0.4, -0.2) is 27.3 Å². The molecule has 1 N–H and O–H groups in total. The van der Waals surface area contributed by atoms with Crippen molar-refractivity contribution < 1.29 is 18.3 Å². The second kappa shape index (κ2) is 7.53. The second-order valence-corrected chi connectivity index (χ2v) is 6.10. The van der Waals surface area contributed by atoms with E-state index >= 15 is 0 Å². The molecule has 140 valence electrons. The topological polar surface area (TPSA) is 69.0 Å². The number of hydrogen-bond acceptors (Lipinski definition) is 4. The monoisotopic (exact) mass is 372 g/mol. The van der Waals surface area contributed by atoms with Crippen molar-refractivity contribution in [2.24, 2.45) is 0 Å². The van der Waals surface area contributed by atoms with Gasteiger partial charge in [0.2, 0.25) is 5.82 Å². The highest BCUT2D eigenvalue weighted by Gasteiger charge is 2.16. The van der Waals surface area contributed by atoms with Crippen molar-refractivity contribution >= 4 is 11.6 Å². The molecular weight excluding hydrogens is 354 g/mol. The maximum atomic E-state index is 12.5. The third-order valence-corrected chi connectivity index (χ3v) is 3.76. The lowest BCUT2D eigenvalue weighted by Gasteiger charge is -2.06. The second-order valence-electron chi connectivity index (χ2n) is 6.10. The number of aryl methyl sites for hydroxylation is 3. The van der Waals surface area contributed by atoms with Crippen LogP contribution in [0.5, 0.6) is 5.75 Å². The molecule has 2 aromatic carbocycles. The van der Waals surface area contributed by atoms with Gasteiger partial charge in [-0.25, -0.2) is 9.67 Å². The number of alkyl halides is 2. The summed E-state index contributed by atoms with van der Waals surface area (Å²) >= 11 is 0.